The number of aryl methyl sites for hydroxylation is 2. The lowest BCUT2D eigenvalue weighted by Crippen LogP contribution is -2.41. The van der Waals surface area contributed by atoms with Crippen molar-refractivity contribution >= 4 is 17.1 Å². The van der Waals surface area contributed by atoms with E-state index in [1.165, 1.54) is 0 Å². The van der Waals surface area contributed by atoms with Crippen molar-refractivity contribution in [3.8, 4) is 5.75 Å². The summed E-state index contributed by atoms with van der Waals surface area (Å²) in [4.78, 5) is 14.1. The van der Waals surface area contributed by atoms with E-state index in [2.05, 4.69) is 11.2 Å². The summed E-state index contributed by atoms with van der Waals surface area (Å²) in [5.41, 5.74) is 2.38. The molecule has 7 heteroatoms. The Kier molecular flexibility index (Phi) is 6.93. The van der Waals surface area contributed by atoms with Crippen LogP contribution in [0.5, 0.6) is 5.75 Å². The standard InChI is InChI=1S/C25H36N2O5/c1-17-22(30-16-19-11-14-29-15-19)8-6-20-21(26-32-23(17)20)7-5-18-9-12-27(13-10-18)24(28)31-25(2,3)4/h6,8,18-19H,5,7,9-16H2,1-4H3. The first-order chi connectivity index (χ1) is 15.3. The Bertz CT molecular complexity index is 918. The van der Waals surface area contributed by atoms with Gasteiger partial charge in [0.15, 0.2) is 5.58 Å². The summed E-state index contributed by atoms with van der Waals surface area (Å²) in [6, 6.07) is 4.10. The molecule has 1 unspecified atom stereocenters. The molecule has 3 heterocycles. The molecule has 0 spiro atoms. The lowest BCUT2D eigenvalue weighted by atomic mass is 9.91. The zero-order chi connectivity index (χ0) is 22.7. The van der Waals surface area contributed by atoms with Crippen molar-refractivity contribution < 1.29 is 23.5 Å². The maximum Gasteiger partial charge on any atom is 0.410 e. The molecule has 4 rings (SSSR count). The summed E-state index contributed by atoms with van der Waals surface area (Å²) in [6.07, 6.45) is 4.77. The number of amides is 1. The highest BCUT2D eigenvalue weighted by Gasteiger charge is 2.27. The molecule has 0 bridgehead atoms. The second kappa shape index (κ2) is 9.69. The third-order valence-corrected chi connectivity index (χ3v) is 6.47. The van der Waals surface area contributed by atoms with Crippen molar-refractivity contribution in [1.29, 1.82) is 0 Å². The number of benzene rings is 1. The molecule has 0 N–H and O–H groups in total. The minimum Gasteiger partial charge on any atom is -0.493 e. The third kappa shape index (κ3) is 5.55. The zero-order valence-corrected chi connectivity index (χ0v) is 19.8. The van der Waals surface area contributed by atoms with E-state index in [1.54, 1.807) is 0 Å². The van der Waals surface area contributed by atoms with Crippen LogP contribution in [0, 0.1) is 18.8 Å². The van der Waals surface area contributed by atoms with Crippen LogP contribution in [0.1, 0.15) is 57.7 Å². The fourth-order valence-corrected chi connectivity index (χ4v) is 4.50. The summed E-state index contributed by atoms with van der Waals surface area (Å²) in [6.45, 7) is 11.5. The van der Waals surface area contributed by atoms with E-state index in [4.69, 9.17) is 18.7 Å². The number of likely N-dealkylation sites (tertiary alicyclic amines) is 1. The van der Waals surface area contributed by atoms with E-state index in [0.717, 1.165) is 86.4 Å². The van der Waals surface area contributed by atoms with Gasteiger partial charge in [0, 0.05) is 36.6 Å². The summed E-state index contributed by atoms with van der Waals surface area (Å²) in [7, 11) is 0. The molecule has 0 radical (unpaired) electrons. The van der Waals surface area contributed by atoms with Crippen molar-refractivity contribution in [3.63, 3.8) is 0 Å². The van der Waals surface area contributed by atoms with Crippen LogP contribution in [0.3, 0.4) is 0 Å². The molecule has 1 aromatic carbocycles. The van der Waals surface area contributed by atoms with Gasteiger partial charge in [-0.1, -0.05) is 5.16 Å². The minimum absolute atomic E-state index is 0.201. The molecule has 1 amide bonds. The molecule has 7 nitrogen and oxygen atoms in total. The highest BCUT2D eigenvalue weighted by Crippen LogP contribution is 2.32. The molecule has 2 saturated heterocycles. The summed E-state index contributed by atoms with van der Waals surface area (Å²) in [5.74, 6) is 1.91. The normalized spacial score (nSPS) is 20.1. The predicted octanol–water partition coefficient (Wildman–Crippen LogP) is 5.13. The second-order valence-corrected chi connectivity index (χ2v) is 10.2. The monoisotopic (exact) mass is 444 g/mol. The van der Waals surface area contributed by atoms with Crippen molar-refractivity contribution in [1.82, 2.24) is 10.1 Å². The van der Waals surface area contributed by atoms with Gasteiger partial charge in [0.1, 0.15) is 11.4 Å². The Hall–Kier alpha value is -2.28. The number of aromatic nitrogens is 1. The van der Waals surface area contributed by atoms with E-state index < -0.39 is 5.60 Å². The minimum atomic E-state index is -0.449. The maximum absolute atomic E-state index is 12.3. The molecule has 1 atom stereocenters. The first kappa shape index (κ1) is 22.9. The van der Waals surface area contributed by atoms with Gasteiger partial charge in [-0.2, -0.15) is 0 Å². The number of carbonyl (C=O) groups excluding carboxylic acids is 1. The summed E-state index contributed by atoms with van der Waals surface area (Å²) in [5, 5.41) is 5.44. The largest absolute Gasteiger partial charge is 0.493 e. The second-order valence-electron chi connectivity index (χ2n) is 10.2. The van der Waals surface area contributed by atoms with Crippen LogP contribution in [-0.2, 0) is 15.9 Å². The molecule has 2 aromatic rings. The van der Waals surface area contributed by atoms with Crippen molar-refractivity contribution in [3.05, 3.63) is 23.4 Å². The van der Waals surface area contributed by atoms with Crippen LogP contribution in [-0.4, -0.2) is 54.7 Å². The van der Waals surface area contributed by atoms with Gasteiger partial charge in [-0.05, 0) is 77.8 Å². The van der Waals surface area contributed by atoms with E-state index in [1.807, 2.05) is 38.7 Å². The van der Waals surface area contributed by atoms with Crippen LogP contribution in [0.2, 0.25) is 0 Å². The smallest absolute Gasteiger partial charge is 0.410 e. The number of piperidine rings is 1. The average Bonchev–Trinajstić information content (AvgIpc) is 3.41. The van der Waals surface area contributed by atoms with E-state index >= 15 is 0 Å². The molecule has 0 saturated carbocycles. The maximum atomic E-state index is 12.3. The first-order valence-corrected chi connectivity index (χ1v) is 11.9. The number of carbonyl (C=O) groups is 1. The van der Waals surface area contributed by atoms with Crippen molar-refractivity contribution in [2.24, 2.45) is 11.8 Å². The lowest BCUT2D eigenvalue weighted by Gasteiger charge is -2.33. The van der Waals surface area contributed by atoms with Crippen LogP contribution < -0.4 is 4.74 Å². The molecule has 32 heavy (non-hydrogen) atoms. The van der Waals surface area contributed by atoms with Gasteiger partial charge in [0.05, 0.1) is 18.9 Å². The van der Waals surface area contributed by atoms with Crippen LogP contribution >= 0.6 is 0 Å². The average molecular weight is 445 g/mol. The Labute approximate surface area is 190 Å². The Morgan fingerprint density at radius 1 is 1.19 bits per heavy atom. The van der Waals surface area contributed by atoms with Gasteiger partial charge in [0.2, 0.25) is 0 Å². The fourth-order valence-electron chi connectivity index (χ4n) is 4.50. The van der Waals surface area contributed by atoms with Gasteiger partial charge < -0.3 is 23.6 Å². The quantitative estimate of drug-likeness (QED) is 0.615. The van der Waals surface area contributed by atoms with E-state index in [-0.39, 0.29) is 6.09 Å². The number of hydrogen-bond donors (Lipinski definition) is 0. The number of rotatable bonds is 6. The Morgan fingerprint density at radius 3 is 2.66 bits per heavy atom. The van der Waals surface area contributed by atoms with E-state index in [0.29, 0.717) is 18.4 Å². The zero-order valence-electron chi connectivity index (χ0n) is 19.8. The highest BCUT2D eigenvalue weighted by atomic mass is 16.6. The Morgan fingerprint density at radius 2 is 1.97 bits per heavy atom. The molecule has 0 aliphatic carbocycles. The van der Waals surface area contributed by atoms with Gasteiger partial charge in [-0.25, -0.2) is 4.79 Å². The molecule has 2 aliphatic rings. The third-order valence-electron chi connectivity index (χ3n) is 6.47. The van der Waals surface area contributed by atoms with Crippen molar-refractivity contribution in [2.75, 3.05) is 32.9 Å². The summed E-state index contributed by atoms with van der Waals surface area (Å²) < 4.78 is 22.7. The number of fused-ring (bicyclic) bond motifs is 1. The molecule has 2 aliphatic heterocycles. The topological polar surface area (TPSA) is 74.0 Å². The molecule has 176 valence electrons. The lowest BCUT2D eigenvalue weighted by molar-refractivity contribution is 0.0181. The number of nitrogens with zero attached hydrogens (tertiary/aromatic N) is 2. The molecule has 1 aromatic heterocycles. The SMILES string of the molecule is Cc1c(OCC2CCOC2)ccc2c(CCC3CCN(C(=O)OC(C)(C)C)CC3)noc12. The van der Waals surface area contributed by atoms with Crippen LogP contribution in [0.4, 0.5) is 4.79 Å². The van der Waals surface area contributed by atoms with Crippen LogP contribution in [0.15, 0.2) is 16.7 Å². The van der Waals surface area contributed by atoms with Gasteiger partial charge in [-0.15, -0.1) is 0 Å². The molecular formula is C25H36N2O5. The van der Waals surface area contributed by atoms with E-state index in [9.17, 15) is 4.79 Å². The van der Waals surface area contributed by atoms with Gasteiger partial charge in [-0.3, -0.25) is 0 Å². The molecular weight excluding hydrogens is 408 g/mol. The molecule has 2 fully saturated rings. The summed E-state index contributed by atoms with van der Waals surface area (Å²) >= 11 is 0. The van der Waals surface area contributed by atoms with Gasteiger partial charge >= 0.3 is 6.09 Å². The number of hydrogen-bond acceptors (Lipinski definition) is 6. The van der Waals surface area contributed by atoms with Crippen molar-refractivity contribution in [2.45, 2.75) is 65.4 Å². The number of ether oxygens (including phenoxy) is 3. The van der Waals surface area contributed by atoms with Crippen LogP contribution in [0.25, 0.3) is 11.0 Å². The van der Waals surface area contributed by atoms with Gasteiger partial charge in [0.25, 0.3) is 0 Å². The fraction of sp³-hybridized carbons (Fsp3) is 0.680. The highest BCUT2D eigenvalue weighted by molar-refractivity contribution is 5.84. The first-order valence-electron chi connectivity index (χ1n) is 11.9. The predicted molar refractivity (Wildman–Crippen MR) is 122 cm³/mol. The Balaban J connectivity index is 1.29.